The van der Waals surface area contributed by atoms with E-state index in [1.54, 1.807) is 0 Å². The van der Waals surface area contributed by atoms with Gasteiger partial charge in [0.1, 0.15) is 11.6 Å². The minimum absolute atomic E-state index is 0.0902. The summed E-state index contributed by atoms with van der Waals surface area (Å²) in [7, 11) is 0. The third-order valence-corrected chi connectivity index (χ3v) is 4.92. The number of hydrogen-bond acceptors (Lipinski definition) is 6. The molecule has 0 radical (unpaired) electrons. The van der Waals surface area contributed by atoms with Crippen LogP contribution in [0.1, 0.15) is 12.0 Å². The molecule has 182 valence electrons. The minimum atomic E-state index is -4.87. The highest BCUT2D eigenvalue weighted by Gasteiger charge is 2.31. The van der Waals surface area contributed by atoms with E-state index < -0.39 is 23.9 Å². The summed E-state index contributed by atoms with van der Waals surface area (Å²) >= 11 is 3.10. The molecule has 13 heteroatoms. The Bertz CT molecular complexity index is 1140. The monoisotopic (exact) mass is 550 g/mol. The first kappa shape index (κ1) is 25.6. The summed E-state index contributed by atoms with van der Waals surface area (Å²) in [5, 5.41) is 14.7. The molecule has 0 bridgehead atoms. The second-order valence-corrected chi connectivity index (χ2v) is 7.71. The zero-order chi connectivity index (χ0) is 24.9. The van der Waals surface area contributed by atoms with Gasteiger partial charge in [0.15, 0.2) is 0 Å². The maximum atomic E-state index is 12.9. The van der Waals surface area contributed by atoms with Crippen molar-refractivity contribution in [2.75, 3.05) is 23.8 Å². The Morgan fingerprint density at radius 1 is 0.971 bits per heavy atom. The number of benzene rings is 2. The van der Waals surface area contributed by atoms with Gasteiger partial charge in [0.25, 0.3) is 0 Å². The Labute approximate surface area is 198 Å². The van der Waals surface area contributed by atoms with Crippen LogP contribution in [0.25, 0.3) is 11.3 Å². The Hall–Kier alpha value is -3.06. The summed E-state index contributed by atoms with van der Waals surface area (Å²) in [6, 6.07) is 9.59. The quantitative estimate of drug-likeness (QED) is 0.224. The van der Waals surface area contributed by atoms with Crippen molar-refractivity contribution < 1.29 is 36.2 Å². The average molecular weight is 551 g/mol. The summed E-state index contributed by atoms with van der Waals surface area (Å²) in [5.41, 5.74) is -0.0715. The average Bonchev–Trinajstić information content (AvgIpc) is 2.73. The second-order valence-electron chi connectivity index (χ2n) is 6.86. The smallest absolute Gasteiger partial charge is 0.406 e. The molecule has 0 saturated carbocycles. The van der Waals surface area contributed by atoms with Crippen molar-refractivity contribution >= 4 is 33.4 Å². The van der Waals surface area contributed by atoms with Gasteiger partial charge in [-0.2, -0.15) is 18.2 Å². The molecule has 2 aromatic carbocycles. The van der Waals surface area contributed by atoms with E-state index in [1.807, 2.05) is 0 Å². The van der Waals surface area contributed by atoms with Gasteiger partial charge in [-0.15, -0.1) is 13.2 Å². The summed E-state index contributed by atoms with van der Waals surface area (Å²) in [4.78, 5) is 8.53. The lowest BCUT2D eigenvalue weighted by molar-refractivity contribution is -0.274. The number of aliphatic hydroxyl groups is 1. The van der Waals surface area contributed by atoms with Crippen molar-refractivity contribution in [1.29, 1.82) is 0 Å². The van der Waals surface area contributed by atoms with E-state index in [0.717, 1.165) is 24.3 Å². The van der Waals surface area contributed by atoms with Crippen LogP contribution in [0, 0.1) is 0 Å². The van der Waals surface area contributed by atoms with Crippen molar-refractivity contribution in [2.45, 2.75) is 19.0 Å². The standard InChI is InChI=1S/C21H17BrF6N4O2/c22-15-10-13(20(23,24)25)5-6-16(15)30-18-11-17(31-19(32-18)29-7-2-8-33)12-3-1-4-14(9-12)34-21(26,27)28/h1,3-6,9-11,33H,2,7-8H2,(H2,29,30,31,32). The fraction of sp³-hybridized carbons (Fsp3) is 0.238. The molecular weight excluding hydrogens is 534 g/mol. The minimum Gasteiger partial charge on any atom is -0.406 e. The number of aliphatic hydroxyl groups excluding tert-OH is 1. The van der Waals surface area contributed by atoms with Crippen LogP contribution in [0.5, 0.6) is 5.75 Å². The van der Waals surface area contributed by atoms with Gasteiger partial charge in [0, 0.05) is 29.3 Å². The van der Waals surface area contributed by atoms with E-state index in [0.29, 0.717) is 13.0 Å². The molecule has 0 aliphatic carbocycles. The number of hydrogen-bond donors (Lipinski definition) is 3. The van der Waals surface area contributed by atoms with E-state index >= 15 is 0 Å². The normalized spacial score (nSPS) is 11.9. The van der Waals surface area contributed by atoms with Crippen LogP contribution in [0.4, 0.5) is 43.8 Å². The SMILES string of the molecule is OCCCNc1nc(Nc2ccc(C(F)(F)F)cc2Br)cc(-c2cccc(OC(F)(F)F)c2)n1. The van der Waals surface area contributed by atoms with E-state index in [-0.39, 0.29) is 39.8 Å². The van der Waals surface area contributed by atoms with Crippen LogP contribution < -0.4 is 15.4 Å². The molecule has 0 aliphatic rings. The van der Waals surface area contributed by atoms with E-state index in [1.165, 1.54) is 24.3 Å². The molecule has 0 fully saturated rings. The van der Waals surface area contributed by atoms with Gasteiger partial charge in [-0.1, -0.05) is 12.1 Å². The number of nitrogens with one attached hydrogen (secondary N) is 2. The molecule has 1 aromatic heterocycles. The van der Waals surface area contributed by atoms with Gasteiger partial charge < -0.3 is 20.5 Å². The fourth-order valence-corrected chi connectivity index (χ4v) is 3.28. The molecule has 3 aromatic rings. The first-order valence-electron chi connectivity index (χ1n) is 9.68. The van der Waals surface area contributed by atoms with Crippen molar-refractivity contribution in [3.8, 4) is 17.0 Å². The first-order valence-corrected chi connectivity index (χ1v) is 10.5. The molecule has 6 nitrogen and oxygen atoms in total. The van der Waals surface area contributed by atoms with E-state index in [2.05, 4.69) is 41.3 Å². The molecule has 0 spiro atoms. The molecule has 3 rings (SSSR count). The van der Waals surface area contributed by atoms with E-state index in [4.69, 9.17) is 5.11 Å². The van der Waals surface area contributed by atoms with Gasteiger partial charge in [-0.3, -0.25) is 0 Å². The predicted molar refractivity (Wildman–Crippen MR) is 117 cm³/mol. The van der Waals surface area contributed by atoms with Gasteiger partial charge in [0.05, 0.1) is 16.9 Å². The molecular formula is C21H17BrF6N4O2. The summed E-state index contributed by atoms with van der Waals surface area (Å²) < 4.78 is 80.7. The lowest BCUT2D eigenvalue weighted by Crippen LogP contribution is -2.17. The highest BCUT2D eigenvalue weighted by atomic mass is 79.9. The Kier molecular flexibility index (Phi) is 7.87. The Balaban J connectivity index is 1.96. The topological polar surface area (TPSA) is 79.3 Å². The van der Waals surface area contributed by atoms with Crippen LogP contribution in [0.2, 0.25) is 0 Å². The number of ether oxygens (including phenoxy) is 1. The number of alkyl halides is 6. The Morgan fingerprint density at radius 2 is 1.74 bits per heavy atom. The van der Waals surface area contributed by atoms with Crippen LogP contribution in [0.15, 0.2) is 53.0 Å². The molecule has 0 atom stereocenters. The van der Waals surface area contributed by atoms with Crippen LogP contribution in [-0.2, 0) is 6.18 Å². The fourth-order valence-electron chi connectivity index (χ4n) is 2.80. The Morgan fingerprint density at radius 3 is 2.38 bits per heavy atom. The second kappa shape index (κ2) is 10.5. The van der Waals surface area contributed by atoms with Gasteiger partial charge in [-0.25, -0.2) is 4.98 Å². The van der Waals surface area contributed by atoms with E-state index in [9.17, 15) is 26.3 Å². The summed E-state index contributed by atoms with van der Waals surface area (Å²) in [6.45, 7) is 0.216. The largest absolute Gasteiger partial charge is 0.573 e. The van der Waals surface area contributed by atoms with Gasteiger partial charge in [0.2, 0.25) is 5.95 Å². The highest BCUT2D eigenvalue weighted by molar-refractivity contribution is 9.10. The van der Waals surface area contributed by atoms with Crippen molar-refractivity contribution in [1.82, 2.24) is 9.97 Å². The third-order valence-electron chi connectivity index (χ3n) is 4.27. The summed E-state index contributed by atoms with van der Waals surface area (Å²) in [5.74, 6) is -0.184. The zero-order valence-electron chi connectivity index (χ0n) is 17.1. The maximum absolute atomic E-state index is 12.9. The molecule has 1 heterocycles. The molecule has 0 saturated heterocycles. The van der Waals surface area contributed by atoms with Crippen molar-refractivity contribution in [3.63, 3.8) is 0 Å². The van der Waals surface area contributed by atoms with Crippen LogP contribution in [0.3, 0.4) is 0 Å². The number of halogens is 7. The van der Waals surface area contributed by atoms with Crippen LogP contribution in [-0.4, -0.2) is 34.6 Å². The van der Waals surface area contributed by atoms with Crippen molar-refractivity contribution in [3.05, 3.63) is 58.6 Å². The number of nitrogens with zero attached hydrogens (tertiary/aromatic N) is 2. The highest BCUT2D eigenvalue weighted by Crippen LogP contribution is 2.35. The van der Waals surface area contributed by atoms with Gasteiger partial charge >= 0.3 is 12.5 Å². The van der Waals surface area contributed by atoms with Gasteiger partial charge in [-0.05, 0) is 52.7 Å². The lowest BCUT2D eigenvalue weighted by Gasteiger charge is -2.14. The molecule has 34 heavy (non-hydrogen) atoms. The number of anilines is 3. The maximum Gasteiger partial charge on any atom is 0.573 e. The number of aromatic nitrogens is 2. The first-order chi connectivity index (χ1) is 15.9. The third kappa shape index (κ3) is 7.22. The predicted octanol–water partition coefficient (Wildman–Crippen LogP) is 6.36. The zero-order valence-corrected chi connectivity index (χ0v) is 18.7. The number of rotatable bonds is 8. The molecule has 0 unspecified atom stereocenters. The molecule has 0 amide bonds. The lowest BCUT2D eigenvalue weighted by atomic mass is 10.1. The van der Waals surface area contributed by atoms with Crippen molar-refractivity contribution in [2.24, 2.45) is 0 Å². The summed E-state index contributed by atoms with van der Waals surface area (Å²) in [6.07, 6.45) is -9.00. The molecule has 3 N–H and O–H groups in total. The van der Waals surface area contributed by atoms with Crippen LogP contribution >= 0.6 is 15.9 Å². The molecule has 0 aliphatic heterocycles.